The van der Waals surface area contributed by atoms with E-state index in [4.69, 9.17) is 14.2 Å². The van der Waals surface area contributed by atoms with Crippen LogP contribution in [0.15, 0.2) is 48.5 Å². The third-order valence-electron chi connectivity index (χ3n) is 4.68. The van der Waals surface area contributed by atoms with E-state index in [2.05, 4.69) is 10.2 Å². The lowest BCUT2D eigenvalue weighted by atomic mass is 10.0. The van der Waals surface area contributed by atoms with Gasteiger partial charge < -0.3 is 19.5 Å². The van der Waals surface area contributed by atoms with Crippen molar-refractivity contribution in [2.75, 3.05) is 46.6 Å². The maximum Gasteiger partial charge on any atom is 0.258 e. The molecule has 0 aliphatic carbocycles. The quantitative estimate of drug-likeness (QED) is 0.753. The summed E-state index contributed by atoms with van der Waals surface area (Å²) >= 11 is 0. The van der Waals surface area contributed by atoms with Gasteiger partial charge in [0.05, 0.1) is 26.4 Å². The molecule has 1 fully saturated rings. The number of para-hydroxylation sites is 1. The van der Waals surface area contributed by atoms with E-state index in [1.54, 1.807) is 19.2 Å². The van der Waals surface area contributed by atoms with E-state index in [-0.39, 0.29) is 24.3 Å². The molecule has 7 heteroatoms. The maximum absolute atomic E-state index is 13.6. The molecule has 1 saturated heterocycles. The van der Waals surface area contributed by atoms with Gasteiger partial charge in [-0.3, -0.25) is 9.69 Å². The molecule has 3 rings (SSSR count). The Morgan fingerprint density at radius 3 is 2.57 bits per heavy atom. The Hall–Kier alpha value is -2.64. The molecule has 1 aliphatic rings. The fourth-order valence-corrected chi connectivity index (χ4v) is 3.14. The third-order valence-corrected chi connectivity index (χ3v) is 4.68. The highest BCUT2D eigenvalue weighted by atomic mass is 19.1. The van der Waals surface area contributed by atoms with E-state index in [9.17, 15) is 9.18 Å². The highest BCUT2D eigenvalue weighted by molar-refractivity contribution is 5.77. The Labute approximate surface area is 164 Å². The maximum atomic E-state index is 13.6. The van der Waals surface area contributed by atoms with Gasteiger partial charge in [0.1, 0.15) is 5.75 Å². The number of halogens is 1. The van der Waals surface area contributed by atoms with E-state index < -0.39 is 5.82 Å². The summed E-state index contributed by atoms with van der Waals surface area (Å²) in [4.78, 5) is 14.5. The Balaban J connectivity index is 1.60. The van der Waals surface area contributed by atoms with Crippen molar-refractivity contribution in [3.8, 4) is 11.5 Å². The molecule has 0 aromatic heterocycles. The smallest absolute Gasteiger partial charge is 0.258 e. The van der Waals surface area contributed by atoms with Crippen molar-refractivity contribution in [3.63, 3.8) is 0 Å². The van der Waals surface area contributed by atoms with Crippen molar-refractivity contribution < 1.29 is 23.4 Å². The molecule has 1 N–H and O–H groups in total. The number of methoxy groups -OCH3 is 1. The molecule has 28 heavy (non-hydrogen) atoms. The summed E-state index contributed by atoms with van der Waals surface area (Å²) in [6.07, 6.45) is 0. The van der Waals surface area contributed by atoms with Gasteiger partial charge >= 0.3 is 0 Å². The second kappa shape index (κ2) is 10.1. The zero-order valence-electron chi connectivity index (χ0n) is 15.9. The van der Waals surface area contributed by atoms with Crippen LogP contribution in [0, 0.1) is 5.82 Å². The van der Waals surface area contributed by atoms with Crippen molar-refractivity contribution in [2.45, 2.75) is 6.04 Å². The Morgan fingerprint density at radius 1 is 1.18 bits per heavy atom. The average molecular weight is 388 g/mol. The van der Waals surface area contributed by atoms with Gasteiger partial charge in [-0.05, 0) is 29.8 Å². The van der Waals surface area contributed by atoms with E-state index in [1.165, 1.54) is 12.1 Å². The molecule has 1 heterocycles. The predicted molar refractivity (Wildman–Crippen MR) is 103 cm³/mol. The van der Waals surface area contributed by atoms with Crippen LogP contribution in [-0.2, 0) is 9.53 Å². The molecular weight excluding hydrogens is 363 g/mol. The summed E-state index contributed by atoms with van der Waals surface area (Å²) in [6.45, 7) is 3.09. The number of morpholine rings is 1. The summed E-state index contributed by atoms with van der Waals surface area (Å²) in [5.41, 5.74) is 1.08. The van der Waals surface area contributed by atoms with Gasteiger partial charge in [-0.1, -0.05) is 24.3 Å². The fourth-order valence-electron chi connectivity index (χ4n) is 3.14. The van der Waals surface area contributed by atoms with E-state index >= 15 is 0 Å². The number of ether oxygens (including phenoxy) is 3. The molecule has 2 aromatic rings. The molecule has 0 radical (unpaired) electrons. The summed E-state index contributed by atoms with van der Waals surface area (Å²) in [7, 11) is 1.63. The Kier molecular flexibility index (Phi) is 7.22. The molecule has 1 unspecified atom stereocenters. The molecule has 0 bridgehead atoms. The zero-order chi connectivity index (χ0) is 19.8. The Bertz CT molecular complexity index is 763. The summed E-state index contributed by atoms with van der Waals surface area (Å²) < 4.78 is 29.5. The second-order valence-electron chi connectivity index (χ2n) is 6.46. The van der Waals surface area contributed by atoms with Crippen LogP contribution in [0.2, 0.25) is 0 Å². The van der Waals surface area contributed by atoms with Gasteiger partial charge in [0, 0.05) is 19.6 Å². The van der Waals surface area contributed by atoms with Gasteiger partial charge in [0.2, 0.25) is 0 Å². The van der Waals surface area contributed by atoms with Crippen LogP contribution in [0.25, 0.3) is 0 Å². The molecular formula is C21H25FN2O4. The minimum Gasteiger partial charge on any atom is -0.497 e. The zero-order valence-corrected chi connectivity index (χ0v) is 15.9. The van der Waals surface area contributed by atoms with Crippen LogP contribution in [0.5, 0.6) is 11.5 Å². The van der Waals surface area contributed by atoms with Crippen LogP contribution in [0.3, 0.4) is 0 Å². The van der Waals surface area contributed by atoms with Gasteiger partial charge in [0.15, 0.2) is 18.2 Å². The predicted octanol–water partition coefficient (Wildman–Crippen LogP) is 2.40. The number of hydrogen-bond donors (Lipinski definition) is 1. The Morgan fingerprint density at radius 2 is 1.89 bits per heavy atom. The fraction of sp³-hybridized carbons (Fsp3) is 0.381. The first-order valence-corrected chi connectivity index (χ1v) is 9.27. The molecule has 0 spiro atoms. The van der Waals surface area contributed by atoms with E-state index in [0.29, 0.717) is 19.8 Å². The monoisotopic (exact) mass is 388 g/mol. The summed E-state index contributed by atoms with van der Waals surface area (Å²) in [5, 5.41) is 2.90. The van der Waals surface area contributed by atoms with Crippen LogP contribution in [0.4, 0.5) is 4.39 Å². The van der Waals surface area contributed by atoms with Gasteiger partial charge in [-0.25, -0.2) is 4.39 Å². The molecule has 2 aromatic carbocycles. The lowest BCUT2D eigenvalue weighted by Gasteiger charge is -2.35. The van der Waals surface area contributed by atoms with E-state index in [0.717, 1.165) is 24.4 Å². The highest BCUT2D eigenvalue weighted by Crippen LogP contribution is 2.23. The van der Waals surface area contributed by atoms with Crippen LogP contribution in [-0.4, -0.2) is 57.4 Å². The molecule has 0 saturated carbocycles. The van der Waals surface area contributed by atoms with Crippen LogP contribution < -0.4 is 14.8 Å². The van der Waals surface area contributed by atoms with E-state index in [1.807, 2.05) is 24.3 Å². The molecule has 1 aliphatic heterocycles. The number of amides is 1. The van der Waals surface area contributed by atoms with Crippen LogP contribution in [0.1, 0.15) is 11.6 Å². The topological polar surface area (TPSA) is 60.0 Å². The van der Waals surface area contributed by atoms with Crippen molar-refractivity contribution in [3.05, 3.63) is 59.9 Å². The third kappa shape index (κ3) is 5.43. The normalized spacial score (nSPS) is 15.6. The number of carbonyl (C=O) groups is 1. The largest absolute Gasteiger partial charge is 0.497 e. The number of benzene rings is 2. The van der Waals surface area contributed by atoms with Crippen molar-refractivity contribution >= 4 is 5.91 Å². The first-order chi connectivity index (χ1) is 13.7. The lowest BCUT2D eigenvalue weighted by Crippen LogP contribution is -2.44. The number of rotatable bonds is 8. The molecule has 150 valence electrons. The standard InChI is InChI=1S/C21H25FN2O4/c1-26-17-8-6-16(7-9-17)19(24-10-12-27-13-11-24)14-23-21(25)15-28-20-5-3-2-4-18(20)22/h2-9,19H,10-15H2,1H3,(H,23,25). The number of nitrogens with zero attached hydrogens (tertiary/aromatic N) is 1. The number of nitrogens with one attached hydrogen (secondary N) is 1. The van der Waals surface area contributed by atoms with Crippen molar-refractivity contribution in [1.29, 1.82) is 0 Å². The van der Waals surface area contributed by atoms with Crippen LogP contribution >= 0.6 is 0 Å². The second-order valence-corrected chi connectivity index (χ2v) is 6.46. The summed E-state index contributed by atoms with van der Waals surface area (Å²) in [6, 6.07) is 13.9. The van der Waals surface area contributed by atoms with Gasteiger partial charge in [-0.2, -0.15) is 0 Å². The number of carbonyl (C=O) groups excluding carboxylic acids is 1. The molecule has 6 nitrogen and oxygen atoms in total. The SMILES string of the molecule is COc1ccc(C(CNC(=O)COc2ccccc2F)N2CCOCC2)cc1. The number of hydrogen-bond acceptors (Lipinski definition) is 5. The average Bonchev–Trinajstić information content (AvgIpc) is 2.74. The van der Waals surface area contributed by atoms with Gasteiger partial charge in [-0.15, -0.1) is 0 Å². The minimum absolute atomic E-state index is 0.00668. The molecule has 1 amide bonds. The van der Waals surface area contributed by atoms with Gasteiger partial charge in [0.25, 0.3) is 5.91 Å². The molecule has 1 atom stereocenters. The first kappa shape index (κ1) is 20.1. The highest BCUT2D eigenvalue weighted by Gasteiger charge is 2.23. The van der Waals surface area contributed by atoms with Crippen molar-refractivity contribution in [1.82, 2.24) is 10.2 Å². The first-order valence-electron chi connectivity index (χ1n) is 9.27. The lowest BCUT2D eigenvalue weighted by molar-refractivity contribution is -0.123. The summed E-state index contributed by atoms with van der Waals surface area (Å²) in [5.74, 6) is 0.0686. The van der Waals surface area contributed by atoms with Crippen molar-refractivity contribution in [2.24, 2.45) is 0 Å². The minimum atomic E-state index is -0.486.